The van der Waals surface area contributed by atoms with E-state index >= 15 is 0 Å². The zero-order valence-corrected chi connectivity index (χ0v) is 18.7. The van der Waals surface area contributed by atoms with Gasteiger partial charge in [0.2, 0.25) is 0 Å². The Kier molecular flexibility index (Phi) is 5.40. The Hall–Kier alpha value is -4.70. The molecule has 0 aliphatic rings. The van der Waals surface area contributed by atoms with Crippen LogP contribution in [0.5, 0.6) is 0 Å². The van der Waals surface area contributed by atoms with Gasteiger partial charge < -0.3 is 9.09 Å². The number of amides is 1. The number of nitriles is 1. The summed E-state index contributed by atoms with van der Waals surface area (Å²) in [5.74, 6) is 0.297. The molecule has 0 atom stereocenters. The van der Waals surface area contributed by atoms with E-state index in [2.05, 4.69) is 39.4 Å². The second kappa shape index (κ2) is 8.68. The van der Waals surface area contributed by atoms with Gasteiger partial charge in [-0.1, -0.05) is 47.6 Å². The number of nitrogens with zero attached hydrogens (tertiary/aromatic N) is 4. The van der Waals surface area contributed by atoms with E-state index in [1.165, 1.54) is 0 Å². The molecule has 166 valence electrons. The first-order valence-electron chi connectivity index (χ1n) is 10.8. The van der Waals surface area contributed by atoms with Crippen LogP contribution in [0.1, 0.15) is 27.4 Å². The average molecular weight is 447 g/mol. The number of nitrogens with one attached hydrogen (secondary N) is 1. The third-order valence-electron chi connectivity index (χ3n) is 5.84. The molecule has 7 heteroatoms. The van der Waals surface area contributed by atoms with Crippen molar-refractivity contribution in [1.82, 2.24) is 20.0 Å². The first kappa shape index (κ1) is 21.2. The van der Waals surface area contributed by atoms with Crippen LogP contribution in [-0.2, 0) is 6.54 Å². The lowest BCUT2D eigenvalue weighted by Crippen LogP contribution is -2.17. The lowest BCUT2D eigenvalue weighted by atomic mass is 10.00. The summed E-state index contributed by atoms with van der Waals surface area (Å²) in [6.07, 6.45) is 5.59. The van der Waals surface area contributed by atoms with Crippen LogP contribution in [-0.4, -0.2) is 20.6 Å². The molecular formula is C27H21N5O2. The molecule has 3 aromatic heterocycles. The van der Waals surface area contributed by atoms with Crippen LogP contribution in [0.4, 0.5) is 0 Å². The summed E-state index contributed by atoms with van der Waals surface area (Å²) in [6.45, 7) is 4.46. The van der Waals surface area contributed by atoms with E-state index in [4.69, 9.17) is 14.8 Å². The number of fused-ring (bicyclic) bond motifs is 1. The number of aromatic nitrogens is 3. The van der Waals surface area contributed by atoms with Gasteiger partial charge in [-0.25, -0.2) is 4.98 Å². The highest BCUT2D eigenvalue weighted by molar-refractivity contribution is 6.00. The summed E-state index contributed by atoms with van der Waals surface area (Å²) in [5, 5.41) is 16.1. The highest BCUT2D eigenvalue weighted by atomic mass is 16.5. The second-order valence-electron chi connectivity index (χ2n) is 8.10. The van der Waals surface area contributed by atoms with Gasteiger partial charge in [0.05, 0.1) is 5.69 Å². The number of pyridine rings is 1. The van der Waals surface area contributed by atoms with Gasteiger partial charge in [-0.15, -0.1) is 0 Å². The van der Waals surface area contributed by atoms with Crippen LogP contribution in [0.25, 0.3) is 33.3 Å². The average Bonchev–Trinajstić information content (AvgIpc) is 3.38. The van der Waals surface area contributed by atoms with Crippen molar-refractivity contribution in [3.63, 3.8) is 0 Å². The van der Waals surface area contributed by atoms with E-state index < -0.39 is 5.91 Å². The molecule has 0 unspecified atom stereocenters. The molecule has 1 N–H and O–H groups in total. The molecule has 5 aromatic rings. The monoisotopic (exact) mass is 447 g/mol. The number of rotatable bonds is 5. The zero-order valence-electron chi connectivity index (χ0n) is 18.7. The van der Waals surface area contributed by atoms with Crippen molar-refractivity contribution in [2.24, 2.45) is 0 Å². The van der Waals surface area contributed by atoms with Crippen molar-refractivity contribution in [1.29, 1.82) is 5.26 Å². The molecule has 0 fully saturated rings. The summed E-state index contributed by atoms with van der Waals surface area (Å²) in [6, 6.07) is 19.5. The van der Waals surface area contributed by atoms with E-state index in [0.717, 1.165) is 50.3 Å². The van der Waals surface area contributed by atoms with Crippen LogP contribution in [0.15, 0.2) is 77.6 Å². The van der Waals surface area contributed by atoms with E-state index in [1.54, 1.807) is 18.3 Å². The number of aryl methyl sites for hydroxylation is 2. The fourth-order valence-electron chi connectivity index (χ4n) is 4.28. The molecule has 1 amide bonds. The Balaban J connectivity index is 1.69. The summed E-state index contributed by atoms with van der Waals surface area (Å²) in [4.78, 5) is 17.1. The van der Waals surface area contributed by atoms with Gasteiger partial charge in [-0.3, -0.25) is 10.1 Å². The SMILES string of the molecule is Cc1noc(C)c1-c1cnc2c(c1)c(-c1cccc(C(=O)NC#N)c1)cn2Cc1ccccc1. The van der Waals surface area contributed by atoms with Crippen LogP contribution >= 0.6 is 0 Å². The van der Waals surface area contributed by atoms with Crippen LogP contribution < -0.4 is 5.32 Å². The Labute approximate surface area is 196 Å². The number of hydrogen-bond acceptors (Lipinski definition) is 5. The summed E-state index contributed by atoms with van der Waals surface area (Å²) >= 11 is 0. The van der Waals surface area contributed by atoms with Gasteiger partial charge in [0.15, 0.2) is 6.19 Å². The van der Waals surface area contributed by atoms with Crippen LogP contribution in [0.2, 0.25) is 0 Å². The standard InChI is InChI=1S/C27H21N5O2/c1-17-25(18(2)34-31-17)22-12-23-24(20-9-6-10-21(11-20)27(33)30-16-28)15-32(26(23)29-13-22)14-19-7-4-3-5-8-19/h3-13,15H,14H2,1-2H3,(H,30,33). The first-order chi connectivity index (χ1) is 16.5. The number of carbonyl (C=O) groups is 1. The number of benzene rings is 2. The lowest BCUT2D eigenvalue weighted by Gasteiger charge is -2.06. The third-order valence-corrected chi connectivity index (χ3v) is 5.84. The van der Waals surface area contributed by atoms with Gasteiger partial charge in [0.1, 0.15) is 11.4 Å². The summed E-state index contributed by atoms with van der Waals surface area (Å²) < 4.78 is 7.48. The lowest BCUT2D eigenvalue weighted by molar-refractivity contribution is 0.0973. The molecule has 0 saturated carbocycles. The van der Waals surface area contributed by atoms with Crippen molar-refractivity contribution in [3.8, 4) is 28.4 Å². The molecule has 5 rings (SSSR count). The molecule has 34 heavy (non-hydrogen) atoms. The number of carbonyl (C=O) groups excluding carboxylic acids is 1. The smallest absolute Gasteiger partial charge is 0.264 e. The molecule has 0 radical (unpaired) electrons. The van der Waals surface area contributed by atoms with E-state index in [0.29, 0.717) is 12.1 Å². The summed E-state index contributed by atoms with van der Waals surface area (Å²) in [5.41, 5.74) is 6.86. The molecule has 0 aliphatic carbocycles. The molecule has 2 aromatic carbocycles. The Morgan fingerprint density at radius 2 is 1.91 bits per heavy atom. The predicted octanol–water partition coefficient (Wildman–Crippen LogP) is 5.23. The molecule has 3 heterocycles. The van der Waals surface area contributed by atoms with Crippen molar-refractivity contribution < 1.29 is 9.32 Å². The fourth-order valence-corrected chi connectivity index (χ4v) is 4.28. The topological polar surface area (TPSA) is 96.7 Å². The molecular weight excluding hydrogens is 426 g/mol. The van der Waals surface area contributed by atoms with E-state index in [1.807, 2.05) is 50.4 Å². The minimum atomic E-state index is -0.438. The largest absolute Gasteiger partial charge is 0.361 e. The Morgan fingerprint density at radius 1 is 1.09 bits per heavy atom. The second-order valence-corrected chi connectivity index (χ2v) is 8.10. The maximum atomic E-state index is 12.3. The predicted molar refractivity (Wildman–Crippen MR) is 129 cm³/mol. The van der Waals surface area contributed by atoms with Gasteiger partial charge >= 0.3 is 0 Å². The van der Waals surface area contributed by atoms with E-state index in [-0.39, 0.29) is 0 Å². The first-order valence-corrected chi connectivity index (χ1v) is 10.8. The highest BCUT2D eigenvalue weighted by Crippen LogP contribution is 2.35. The summed E-state index contributed by atoms with van der Waals surface area (Å²) in [7, 11) is 0. The van der Waals surface area contributed by atoms with Gasteiger partial charge in [-0.05, 0) is 43.2 Å². The minimum absolute atomic E-state index is 0.415. The van der Waals surface area contributed by atoms with Crippen LogP contribution in [0, 0.1) is 25.3 Å². The van der Waals surface area contributed by atoms with E-state index in [9.17, 15) is 4.79 Å². The van der Waals surface area contributed by atoms with Crippen molar-refractivity contribution in [2.75, 3.05) is 0 Å². The minimum Gasteiger partial charge on any atom is -0.361 e. The maximum Gasteiger partial charge on any atom is 0.264 e. The maximum absolute atomic E-state index is 12.3. The fraction of sp³-hybridized carbons (Fsp3) is 0.111. The van der Waals surface area contributed by atoms with Crippen LogP contribution in [0.3, 0.4) is 0 Å². The highest BCUT2D eigenvalue weighted by Gasteiger charge is 2.18. The molecule has 0 spiro atoms. The molecule has 0 bridgehead atoms. The molecule has 0 saturated heterocycles. The van der Waals surface area contributed by atoms with Crippen molar-refractivity contribution in [3.05, 3.63) is 95.6 Å². The van der Waals surface area contributed by atoms with Gasteiger partial charge in [-0.2, -0.15) is 5.26 Å². The van der Waals surface area contributed by atoms with Crippen molar-refractivity contribution >= 4 is 16.9 Å². The third kappa shape index (κ3) is 3.82. The molecule has 7 nitrogen and oxygen atoms in total. The number of hydrogen-bond donors (Lipinski definition) is 1. The van der Waals surface area contributed by atoms with Crippen molar-refractivity contribution in [2.45, 2.75) is 20.4 Å². The molecule has 0 aliphatic heterocycles. The normalized spacial score (nSPS) is 10.9. The Morgan fingerprint density at radius 3 is 2.65 bits per heavy atom. The quantitative estimate of drug-likeness (QED) is 0.294. The Bertz CT molecular complexity index is 1540. The zero-order chi connectivity index (χ0) is 23.7. The van der Waals surface area contributed by atoms with Gasteiger partial charge in [0, 0.05) is 46.6 Å². The van der Waals surface area contributed by atoms with Gasteiger partial charge in [0.25, 0.3) is 5.91 Å².